The number of rotatable bonds is 4. The van der Waals surface area contributed by atoms with Crippen molar-refractivity contribution in [1.82, 2.24) is 0 Å². The molecule has 4 rings (SSSR count). The van der Waals surface area contributed by atoms with Crippen LogP contribution in [0.25, 0.3) is 21.5 Å². The van der Waals surface area contributed by atoms with E-state index in [0.29, 0.717) is 0 Å². The van der Waals surface area contributed by atoms with Gasteiger partial charge >= 0.3 is 0 Å². The summed E-state index contributed by atoms with van der Waals surface area (Å²) in [6, 6.07) is 25.2. The Morgan fingerprint density at radius 1 is 0.560 bits per heavy atom. The zero-order valence-corrected chi connectivity index (χ0v) is 14.5. The van der Waals surface area contributed by atoms with Crippen LogP contribution in [-0.2, 0) is 6.42 Å². The molecule has 0 fully saturated rings. The highest BCUT2D eigenvalue weighted by molar-refractivity contribution is 5.91. The number of fused-ring (bicyclic) bond motifs is 2. The highest BCUT2D eigenvalue weighted by atomic mass is 16.5. The molecule has 0 aliphatic heterocycles. The second kappa shape index (κ2) is 6.48. The van der Waals surface area contributed by atoms with Crippen LogP contribution in [-0.4, -0.2) is 14.2 Å². The summed E-state index contributed by atoms with van der Waals surface area (Å²) >= 11 is 0. The molecule has 0 saturated heterocycles. The minimum Gasteiger partial charge on any atom is -0.496 e. The predicted molar refractivity (Wildman–Crippen MR) is 104 cm³/mol. The van der Waals surface area contributed by atoms with E-state index in [1.54, 1.807) is 14.2 Å². The van der Waals surface area contributed by atoms with E-state index in [-0.39, 0.29) is 0 Å². The molecule has 0 aliphatic rings. The lowest BCUT2D eigenvalue weighted by Crippen LogP contribution is -1.99. The SMILES string of the molecule is COc1ccc2ccccc2c1Cc1c(OC)ccc2ccccc12. The Hall–Kier alpha value is -3.00. The van der Waals surface area contributed by atoms with Gasteiger partial charge < -0.3 is 9.47 Å². The molecule has 0 unspecified atom stereocenters. The van der Waals surface area contributed by atoms with Crippen molar-refractivity contribution in [3.05, 3.63) is 83.9 Å². The van der Waals surface area contributed by atoms with Gasteiger partial charge in [-0.05, 0) is 33.7 Å². The molecule has 0 N–H and O–H groups in total. The fourth-order valence-corrected chi connectivity index (χ4v) is 3.56. The highest BCUT2D eigenvalue weighted by Gasteiger charge is 2.14. The summed E-state index contributed by atoms with van der Waals surface area (Å²) in [5.41, 5.74) is 2.38. The Balaban J connectivity index is 1.97. The third kappa shape index (κ3) is 2.70. The molecule has 2 nitrogen and oxygen atoms in total. The topological polar surface area (TPSA) is 18.5 Å². The van der Waals surface area contributed by atoms with Crippen molar-refractivity contribution >= 4 is 21.5 Å². The maximum Gasteiger partial charge on any atom is 0.123 e. The van der Waals surface area contributed by atoms with E-state index >= 15 is 0 Å². The van der Waals surface area contributed by atoms with E-state index in [4.69, 9.17) is 9.47 Å². The minimum absolute atomic E-state index is 0.759. The predicted octanol–water partition coefficient (Wildman–Crippen LogP) is 5.60. The Labute approximate surface area is 147 Å². The van der Waals surface area contributed by atoms with Gasteiger partial charge in [0.1, 0.15) is 11.5 Å². The van der Waals surface area contributed by atoms with E-state index in [9.17, 15) is 0 Å². The van der Waals surface area contributed by atoms with Gasteiger partial charge in [-0.2, -0.15) is 0 Å². The van der Waals surface area contributed by atoms with Crippen molar-refractivity contribution in [2.75, 3.05) is 14.2 Å². The van der Waals surface area contributed by atoms with Gasteiger partial charge in [-0.1, -0.05) is 60.7 Å². The second-order valence-corrected chi connectivity index (χ2v) is 6.11. The fourth-order valence-electron chi connectivity index (χ4n) is 3.56. The smallest absolute Gasteiger partial charge is 0.123 e. The summed E-state index contributed by atoms with van der Waals surface area (Å²) in [6.45, 7) is 0. The molecule has 2 heteroatoms. The molecular formula is C23H20O2. The van der Waals surface area contributed by atoms with Crippen LogP contribution in [0.2, 0.25) is 0 Å². The van der Waals surface area contributed by atoms with Crippen LogP contribution in [0.1, 0.15) is 11.1 Å². The molecule has 0 radical (unpaired) electrons. The average Bonchev–Trinajstić information content (AvgIpc) is 2.68. The van der Waals surface area contributed by atoms with Gasteiger partial charge in [0.15, 0.2) is 0 Å². The van der Waals surface area contributed by atoms with Crippen molar-refractivity contribution in [3.8, 4) is 11.5 Å². The van der Waals surface area contributed by atoms with Crippen LogP contribution >= 0.6 is 0 Å². The third-order valence-corrected chi connectivity index (χ3v) is 4.79. The molecule has 4 aromatic rings. The molecule has 25 heavy (non-hydrogen) atoms. The summed E-state index contributed by atoms with van der Waals surface area (Å²) in [7, 11) is 3.46. The molecule has 0 atom stereocenters. The standard InChI is InChI=1S/C23H20O2/c1-24-22-13-11-16-7-3-5-9-18(16)20(22)15-21-19-10-6-4-8-17(19)12-14-23(21)25-2/h3-14H,15H2,1-2H3. The molecule has 0 spiro atoms. The average molecular weight is 328 g/mol. The zero-order chi connectivity index (χ0) is 17.2. The summed E-state index contributed by atoms with van der Waals surface area (Å²) in [6.07, 6.45) is 0.759. The Morgan fingerprint density at radius 3 is 1.44 bits per heavy atom. The Morgan fingerprint density at radius 2 is 1.00 bits per heavy atom. The van der Waals surface area contributed by atoms with Crippen molar-refractivity contribution in [3.63, 3.8) is 0 Å². The van der Waals surface area contributed by atoms with Crippen molar-refractivity contribution in [2.45, 2.75) is 6.42 Å². The molecule has 0 amide bonds. The Bertz CT molecular complexity index is 965. The molecule has 0 heterocycles. The fraction of sp³-hybridized carbons (Fsp3) is 0.130. The lowest BCUT2D eigenvalue weighted by atomic mass is 9.93. The first-order chi connectivity index (χ1) is 12.3. The summed E-state index contributed by atoms with van der Waals surface area (Å²) in [4.78, 5) is 0. The van der Waals surface area contributed by atoms with Gasteiger partial charge in [0.25, 0.3) is 0 Å². The van der Waals surface area contributed by atoms with Crippen molar-refractivity contribution in [1.29, 1.82) is 0 Å². The van der Waals surface area contributed by atoms with Crippen molar-refractivity contribution < 1.29 is 9.47 Å². The monoisotopic (exact) mass is 328 g/mol. The van der Waals surface area contributed by atoms with Crippen LogP contribution in [0, 0.1) is 0 Å². The quantitative estimate of drug-likeness (QED) is 0.485. The van der Waals surface area contributed by atoms with Gasteiger partial charge in [-0.15, -0.1) is 0 Å². The normalized spacial score (nSPS) is 11.0. The van der Waals surface area contributed by atoms with Crippen LogP contribution in [0.4, 0.5) is 0 Å². The number of hydrogen-bond donors (Lipinski definition) is 0. The van der Waals surface area contributed by atoms with Gasteiger partial charge in [0, 0.05) is 17.5 Å². The van der Waals surface area contributed by atoms with E-state index in [2.05, 4.69) is 72.8 Å². The molecule has 0 aromatic heterocycles. The van der Waals surface area contributed by atoms with Gasteiger partial charge in [0.2, 0.25) is 0 Å². The van der Waals surface area contributed by atoms with E-state index in [0.717, 1.165) is 17.9 Å². The lowest BCUT2D eigenvalue weighted by molar-refractivity contribution is 0.406. The second-order valence-electron chi connectivity index (χ2n) is 6.11. The number of methoxy groups -OCH3 is 2. The molecular weight excluding hydrogens is 308 g/mol. The first-order valence-corrected chi connectivity index (χ1v) is 8.41. The summed E-state index contributed by atoms with van der Waals surface area (Å²) < 4.78 is 11.3. The molecule has 124 valence electrons. The van der Waals surface area contributed by atoms with E-state index in [1.165, 1.54) is 32.7 Å². The van der Waals surface area contributed by atoms with Gasteiger partial charge in [-0.3, -0.25) is 0 Å². The number of hydrogen-bond acceptors (Lipinski definition) is 2. The van der Waals surface area contributed by atoms with Gasteiger partial charge in [0.05, 0.1) is 14.2 Å². The zero-order valence-electron chi connectivity index (χ0n) is 14.5. The highest BCUT2D eigenvalue weighted by Crippen LogP contribution is 2.35. The minimum atomic E-state index is 0.759. The number of benzene rings is 4. The molecule has 0 aliphatic carbocycles. The van der Waals surface area contributed by atoms with E-state index < -0.39 is 0 Å². The first kappa shape index (κ1) is 15.5. The van der Waals surface area contributed by atoms with Gasteiger partial charge in [-0.25, -0.2) is 0 Å². The molecule has 4 aromatic carbocycles. The van der Waals surface area contributed by atoms with E-state index in [1.807, 2.05) is 0 Å². The van der Waals surface area contributed by atoms with Crippen molar-refractivity contribution in [2.24, 2.45) is 0 Å². The van der Waals surface area contributed by atoms with Crippen LogP contribution in [0.5, 0.6) is 11.5 Å². The third-order valence-electron chi connectivity index (χ3n) is 4.79. The maximum absolute atomic E-state index is 5.67. The lowest BCUT2D eigenvalue weighted by Gasteiger charge is -2.16. The molecule has 0 bridgehead atoms. The van der Waals surface area contributed by atoms with Crippen LogP contribution in [0.15, 0.2) is 72.8 Å². The summed E-state index contributed by atoms with van der Waals surface area (Å²) in [5.74, 6) is 1.82. The largest absolute Gasteiger partial charge is 0.496 e. The number of ether oxygens (including phenoxy) is 2. The maximum atomic E-state index is 5.67. The first-order valence-electron chi connectivity index (χ1n) is 8.41. The summed E-state index contributed by atoms with van der Waals surface area (Å²) in [5, 5.41) is 4.88. The Kier molecular flexibility index (Phi) is 4.02. The van der Waals surface area contributed by atoms with Crippen LogP contribution in [0.3, 0.4) is 0 Å². The van der Waals surface area contributed by atoms with Crippen LogP contribution < -0.4 is 9.47 Å². The molecule has 0 saturated carbocycles.